The lowest BCUT2D eigenvalue weighted by molar-refractivity contribution is 0.0901. The van der Waals surface area contributed by atoms with E-state index >= 15 is 0 Å². The van der Waals surface area contributed by atoms with Crippen molar-refractivity contribution in [3.05, 3.63) is 36.5 Å². The first-order valence-corrected chi connectivity index (χ1v) is 9.38. The third kappa shape index (κ3) is 5.92. The topological polar surface area (TPSA) is 156 Å². The second kappa shape index (κ2) is 10.1. The molecule has 2 amide bonds. The zero-order valence-corrected chi connectivity index (χ0v) is 16.7. The van der Waals surface area contributed by atoms with Gasteiger partial charge in [0, 0.05) is 12.1 Å². The highest BCUT2D eigenvalue weighted by atomic mass is 16.7. The van der Waals surface area contributed by atoms with Crippen LogP contribution in [0.4, 0.5) is 15.4 Å². The van der Waals surface area contributed by atoms with Crippen LogP contribution in [0, 0.1) is 0 Å². The molecule has 11 heteroatoms. The lowest BCUT2D eigenvalue weighted by atomic mass is 10.1. The summed E-state index contributed by atoms with van der Waals surface area (Å²) in [5.41, 5.74) is 2.12. The van der Waals surface area contributed by atoms with Crippen LogP contribution in [-0.2, 0) is 4.74 Å². The van der Waals surface area contributed by atoms with Gasteiger partial charge in [-0.15, -0.1) is 0 Å². The third-order valence-corrected chi connectivity index (χ3v) is 4.21. The molecule has 3 rings (SSSR count). The number of carbonyl (C=O) groups excluding carboxylic acids is 1. The van der Waals surface area contributed by atoms with Crippen molar-refractivity contribution in [3.8, 4) is 22.8 Å². The van der Waals surface area contributed by atoms with Crippen LogP contribution in [-0.4, -0.2) is 57.6 Å². The van der Waals surface area contributed by atoms with Crippen molar-refractivity contribution in [2.24, 2.45) is 0 Å². The lowest BCUT2D eigenvalue weighted by Crippen LogP contribution is -2.30. The predicted octanol–water partition coefficient (Wildman–Crippen LogP) is 3.00. The first-order valence-electron chi connectivity index (χ1n) is 9.38. The molecule has 0 fully saturated rings. The number of pyridine rings is 1. The van der Waals surface area contributed by atoms with Gasteiger partial charge in [-0.25, -0.2) is 19.6 Å². The molecule has 0 aliphatic carbocycles. The second-order valence-electron chi connectivity index (χ2n) is 6.38. The summed E-state index contributed by atoms with van der Waals surface area (Å²) in [6, 6.07) is 7.69. The SMILES string of the molecule is COc1cc(-c2cnc3ccc(NC(=O)NCCCCOC(=O)O)nc3n2)ccc1O. The number of methoxy groups -OCH3 is 1. The maximum Gasteiger partial charge on any atom is 0.505 e. The van der Waals surface area contributed by atoms with Crippen LogP contribution in [0.3, 0.4) is 0 Å². The zero-order valence-electron chi connectivity index (χ0n) is 16.7. The number of urea groups is 1. The maximum atomic E-state index is 12.0. The van der Waals surface area contributed by atoms with E-state index in [1.54, 1.807) is 30.5 Å². The fourth-order valence-electron chi connectivity index (χ4n) is 2.69. The number of carboxylic acid groups (broad SMARTS) is 1. The number of ether oxygens (including phenoxy) is 2. The summed E-state index contributed by atoms with van der Waals surface area (Å²) < 4.78 is 9.51. The molecular formula is C20H21N5O6. The Morgan fingerprint density at radius 2 is 1.97 bits per heavy atom. The first-order chi connectivity index (χ1) is 15.0. The fraction of sp³-hybridized carbons (Fsp3) is 0.250. The molecule has 0 saturated heterocycles. The molecule has 3 aromatic rings. The normalized spacial score (nSPS) is 10.5. The van der Waals surface area contributed by atoms with Gasteiger partial charge in [-0.2, -0.15) is 0 Å². The molecular weight excluding hydrogens is 406 g/mol. The van der Waals surface area contributed by atoms with E-state index in [1.807, 2.05) is 0 Å². The van der Waals surface area contributed by atoms with Gasteiger partial charge in [-0.1, -0.05) is 0 Å². The number of hydrogen-bond acceptors (Lipinski definition) is 8. The van der Waals surface area contributed by atoms with Gasteiger partial charge >= 0.3 is 12.2 Å². The minimum Gasteiger partial charge on any atom is -0.504 e. The molecule has 1 aromatic carbocycles. The first kappa shape index (κ1) is 21.6. The molecule has 0 saturated carbocycles. The average molecular weight is 427 g/mol. The Kier molecular flexibility index (Phi) is 6.99. The number of fused-ring (bicyclic) bond motifs is 1. The average Bonchev–Trinajstić information content (AvgIpc) is 2.75. The van der Waals surface area contributed by atoms with Gasteiger partial charge in [-0.3, -0.25) is 10.3 Å². The summed E-state index contributed by atoms with van der Waals surface area (Å²) in [7, 11) is 1.46. The highest BCUT2D eigenvalue weighted by Gasteiger charge is 2.10. The molecule has 11 nitrogen and oxygen atoms in total. The predicted molar refractivity (Wildman–Crippen MR) is 111 cm³/mol. The number of nitrogens with one attached hydrogen (secondary N) is 2. The van der Waals surface area contributed by atoms with Crippen molar-refractivity contribution >= 4 is 29.2 Å². The van der Waals surface area contributed by atoms with E-state index in [2.05, 4.69) is 30.3 Å². The number of aromatic nitrogens is 3. The number of aromatic hydroxyl groups is 1. The summed E-state index contributed by atoms with van der Waals surface area (Å²) in [5.74, 6) is 0.632. The number of anilines is 1. The lowest BCUT2D eigenvalue weighted by Gasteiger charge is -2.09. The standard InChI is InChI=1S/C20H21N5O6/c1-30-16-10-12(4-6-15(16)26)14-11-22-13-5-7-17(24-18(13)23-14)25-19(27)21-8-2-3-9-31-20(28)29/h4-7,10-11,26H,2-3,8-9H2,1H3,(H,28,29)(H2,21,23,24,25,27). The number of rotatable bonds is 8. The van der Waals surface area contributed by atoms with Crippen LogP contribution in [0.25, 0.3) is 22.4 Å². The van der Waals surface area contributed by atoms with E-state index < -0.39 is 12.2 Å². The van der Waals surface area contributed by atoms with Crippen molar-refractivity contribution in [1.82, 2.24) is 20.3 Å². The Morgan fingerprint density at radius 3 is 2.74 bits per heavy atom. The molecule has 0 bridgehead atoms. The Bertz CT molecular complexity index is 1090. The molecule has 4 N–H and O–H groups in total. The van der Waals surface area contributed by atoms with Crippen LogP contribution in [0.15, 0.2) is 36.5 Å². The minimum atomic E-state index is -1.32. The molecule has 31 heavy (non-hydrogen) atoms. The van der Waals surface area contributed by atoms with Gasteiger partial charge in [0.15, 0.2) is 17.1 Å². The number of phenolic OH excluding ortho intramolecular Hbond substituents is 1. The summed E-state index contributed by atoms with van der Waals surface area (Å²) >= 11 is 0. The van der Waals surface area contributed by atoms with Crippen LogP contribution < -0.4 is 15.4 Å². The van der Waals surface area contributed by atoms with E-state index in [9.17, 15) is 14.7 Å². The molecule has 0 spiro atoms. The Balaban J connectivity index is 1.64. The third-order valence-electron chi connectivity index (χ3n) is 4.21. The molecule has 2 heterocycles. The molecule has 0 atom stereocenters. The molecule has 0 aliphatic rings. The van der Waals surface area contributed by atoms with Gasteiger partial charge in [0.05, 0.1) is 25.6 Å². The van der Waals surface area contributed by atoms with Crippen LogP contribution in [0.2, 0.25) is 0 Å². The molecule has 0 aliphatic heterocycles. The highest BCUT2D eigenvalue weighted by molar-refractivity contribution is 5.89. The molecule has 0 unspecified atom stereocenters. The summed E-state index contributed by atoms with van der Waals surface area (Å²) in [6.07, 6.45) is 1.34. The quantitative estimate of drug-likeness (QED) is 0.313. The van der Waals surface area contributed by atoms with E-state index in [1.165, 1.54) is 13.2 Å². The Hall–Kier alpha value is -4.15. The van der Waals surface area contributed by atoms with E-state index in [4.69, 9.17) is 9.84 Å². The van der Waals surface area contributed by atoms with Crippen LogP contribution in [0.5, 0.6) is 11.5 Å². The number of unbranched alkanes of at least 4 members (excludes halogenated alkanes) is 1. The Labute approximate surface area is 177 Å². The van der Waals surface area contributed by atoms with E-state index in [-0.39, 0.29) is 12.4 Å². The van der Waals surface area contributed by atoms with E-state index in [0.717, 1.165) is 0 Å². The number of benzene rings is 1. The van der Waals surface area contributed by atoms with Crippen LogP contribution in [0.1, 0.15) is 12.8 Å². The number of hydrogen-bond donors (Lipinski definition) is 4. The summed E-state index contributed by atoms with van der Waals surface area (Å²) in [4.78, 5) is 35.4. The largest absolute Gasteiger partial charge is 0.505 e. The van der Waals surface area contributed by atoms with Crippen molar-refractivity contribution in [2.45, 2.75) is 12.8 Å². The van der Waals surface area contributed by atoms with Crippen molar-refractivity contribution < 1.29 is 29.3 Å². The van der Waals surface area contributed by atoms with Gasteiger partial charge < -0.3 is 25.0 Å². The molecule has 0 radical (unpaired) electrons. The second-order valence-corrected chi connectivity index (χ2v) is 6.38. The van der Waals surface area contributed by atoms with Crippen molar-refractivity contribution in [1.29, 1.82) is 0 Å². The van der Waals surface area contributed by atoms with Crippen molar-refractivity contribution in [3.63, 3.8) is 0 Å². The summed E-state index contributed by atoms with van der Waals surface area (Å²) in [5, 5.41) is 23.4. The van der Waals surface area contributed by atoms with E-state index in [0.29, 0.717) is 53.4 Å². The monoisotopic (exact) mass is 427 g/mol. The van der Waals surface area contributed by atoms with Crippen LogP contribution >= 0.6 is 0 Å². The Morgan fingerprint density at radius 1 is 1.13 bits per heavy atom. The summed E-state index contributed by atoms with van der Waals surface area (Å²) in [6.45, 7) is 0.438. The number of amides is 2. The molecule has 2 aromatic heterocycles. The fourth-order valence-corrected chi connectivity index (χ4v) is 2.69. The van der Waals surface area contributed by atoms with Gasteiger partial charge in [0.1, 0.15) is 11.3 Å². The zero-order chi connectivity index (χ0) is 22.2. The van der Waals surface area contributed by atoms with Gasteiger partial charge in [-0.05, 0) is 43.2 Å². The number of carbonyl (C=O) groups is 2. The van der Waals surface area contributed by atoms with Crippen molar-refractivity contribution in [2.75, 3.05) is 25.6 Å². The van der Waals surface area contributed by atoms with Gasteiger partial charge in [0.2, 0.25) is 0 Å². The number of nitrogens with zero attached hydrogens (tertiary/aromatic N) is 3. The smallest absolute Gasteiger partial charge is 0.504 e. The maximum absolute atomic E-state index is 12.0. The minimum absolute atomic E-state index is 0.0185. The highest BCUT2D eigenvalue weighted by Crippen LogP contribution is 2.30. The molecule has 162 valence electrons. The number of phenols is 1. The van der Waals surface area contributed by atoms with Gasteiger partial charge in [0.25, 0.3) is 0 Å².